The van der Waals surface area contributed by atoms with E-state index in [2.05, 4.69) is 15.6 Å². The molecule has 4 rings (SSSR count). The summed E-state index contributed by atoms with van der Waals surface area (Å²) in [5, 5.41) is 6.96. The Kier molecular flexibility index (Phi) is 7.39. The van der Waals surface area contributed by atoms with Gasteiger partial charge in [-0.15, -0.1) is 0 Å². The fourth-order valence-corrected chi connectivity index (χ4v) is 4.62. The molecule has 1 aliphatic rings. The van der Waals surface area contributed by atoms with Gasteiger partial charge in [0.05, 0.1) is 17.2 Å². The number of nitrogens with one attached hydrogen (secondary N) is 2. The van der Waals surface area contributed by atoms with E-state index in [1.807, 2.05) is 12.1 Å². The van der Waals surface area contributed by atoms with E-state index in [0.717, 1.165) is 6.42 Å². The summed E-state index contributed by atoms with van der Waals surface area (Å²) < 4.78 is 20.6. The highest BCUT2D eigenvalue weighted by molar-refractivity contribution is 6.43. The minimum atomic E-state index is -0.418. The Balaban J connectivity index is 1.62. The summed E-state index contributed by atoms with van der Waals surface area (Å²) in [6.45, 7) is 0.819. The summed E-state index contributed by atoms with van der Waals surface area (Å²) in [6, 6.07) is 10.4. The van der Waals surface area contributed by atoms with Gasteiger partial charge < -0.3 is 15.4 Å². The highest BCUT2D eigenvalue weighted by Gasteiger charge is 2.21. The van der Waals surface area contributed by atoms with Crippen LogP contribution >= 0.6 is 34.8 Å². The molecule has 0 saturated carbocycles. The van der Waals surface area contributed by atoms with Crippen LogP contribution in [0.5, 0.6) is 5.75 Å². The SMILES string of the molecule is COc1cc(-c2cccc(-c3ccnc(Cl)c3Cl)c2Cl)cc(F)c1CNCC1CCC(=O)N1. The maximum Gasteiger partial charge on any atom is 0.220 e. The van der Waals surface area contributed by atoms with Crippen LogP contribution in [-0.2, 0) is 11.3 Å². The zero-order valence-electron chi connectivity index (χ0n) is 17.7. The normalized spacial score (nSPS) is 15.5. The number of ether oxygens (including phenoxy) is 1. The molecule has 1 saturated heterocycles. The second kappa shape index (κ2) is 10.3. The third kappa shape index (κ3) is 5.09. The number of halogens is 4. The van der Waals surface area contributed by atoms with Crippen molar-refractivity contribution in [2.75, 3.05) is 13.7 Å². The zero-order valence-corrected chi connectivity index (χ0v) is 20.0. The number of carbonyl (C=O) groups is 1. The smallest absolute Gasteiger partial charge is 0.220 e. The molecule has 1 aromatic heterocycles. The lowest BCUT2D eigenvalue weighted by Gasteiger charge is -2.16. The number of methoxy groups -OCH3 is 1. The molecule has 2 heterocycles. The van der Waals surface area contributed by atoms with E-state index in [1.54, 1.807) is 24.4 Å². The Labute approximate surface area is 206 Å². The number of carbonyl (C=O) groups excluding carboxylic acids is 1. The number of hydrogen-bond acceptors (Lipinski definition) is 4. The Morgan fingerprint density at radius 3 is 2.64 bits per heavy atom. The van der Waals surface area contributed by atoms with E-state index in [9.17, 15) is 4.79 Å². The van der Waals surface area contributed by atoms with Crippen molar-refractivity contribution in [2.45, 2.75) is 25.4 Å². The molecule has 1 atom stereocenters. The monoisotopic (exact) mass is 507 g/mol. The molecule has 1 amide bonds. The second-order valence-electron chi connectivity index (χ2n) is 7.70. The van der Waals surface area contributed by atoms with Gasteiger partial charge in [0, 0.05) is 54.0 Å². The molecular weight excluding hydrogens is 488 g/mol. The van der Waals surface area contributed by atoms with Gasteiger partial charge in [0.25, 0.3) is 0 Å². The lowest BCUT2D eigenvalue weighted by atomic mass is 9.97. The van der Waals surface area contributed by atoms with Crippen molar-refractivity contribution in [1.82, 2.24) is 15.6 Å². The average Bonchev–Trinajstić information content (AvgIpc) is 3.22. The first-order valence-corrected chi connectivity index (χ1v) is 11.5. The Morgan fingerprint density at radius 1 is 1.15 bits per heavy atom. The second-order valence-corrected chi connectivity index (χ2v) is 8.82. The van der Waals surface area contributed by atoms with Crippen LogP contribution in [-0.4, -0.2) is 30.6 Å². The summed E-state index contributed by atoms with van der Waals surface area (Å²) in [6.07, 6.45) is 2.84. The third-order valence-corrected chi connectivity index (χ3v) is 6.77. The molecule has 9 heteroatoms. The summed E-state index contributed by atoms with van der Waals surface area (Å²) in [7, 11) is 1.50. The molecule has 5 nitrogen and oxygen atoms in total. The molecular formula is C24H21Cl3FN3O2. The van der Waals surface area contributed by atoms with Crippen LogP contribution in [0.25, 0.3) is 22.3 Å². The summed E-state index contributed by atoms with van der Waals surface area (Å²) >= 11 is 19.1. The van der Waals surface area contributed by atoms with Gasteiger partial charge in [0.1, 0.15) is 16.7 Å². The molecule has 33 heavy (non-hydrogen) atoms. The van der Waals surface area contributed by atoms with Crippen molar-refractivity contribution in [3.8, 4) is 28.0 Å². The quantitative estimate of drug-likeness (QED) is 0.391. The molecule has 0 bridgehead atoms. The number of hydrogen-bond donors (Lipinski definition) is 2. The van der Waals surface area contributed by atoms with Crippen molar-refractivity contribution < 1.29 is 13.9 Å². The number of aromatic nitrogens is 1. The van der Waals surface area contributed by atoms with E-state index in [-0.39, 0.29) is 23.6 Å². The van der Waals surface area contributed by atoms with Crippen molar-refractivity contribution in [2.24, 2.45) is 0 Å². The van der Waals surface area contributed by atoms with Crippen LogP contribution in [0.1, 0.15) is 18.4 Å². The molecule has 0 radical (unpaired) electrons. The molecule has 2 aromatic carbocycles. The maximum atomic E-state index is 15.1. The first-order valence-electron chi connectivity index (χ1n) is 10.3. The molecule has 0 aliphatic carbocycles. The topological polar surface area (TPSA) is 63.2 Å². The summed E-state index contributed by atoms with van der Waals surface area (Å²) in [5.41, 5.74) is 2.90. The Morgan fingerprint density at radius 2 is 1.91 bits per heavy atom. The van der Waals surface area contributed by atoms with E-state index in [1.165, 1.54) is 13.2 Å². The van der Waals surface area contributed by atoms with Gasteiger partial charge in [-0.1, -0.05) is 53.0 Å². The lowest BCUT2D eigenvalue weighted by molar-refractivity contribution is -0.119. The molecule has 1 fully saturated rings. The van der Waals surface area contributed by atoms with Gasteiger partial charge in [0.15, 0.2) is 0 Å². The Hall–Kier alpha value is -2.38. The first kappa shape index (κ1) is 23.8. The standard InChI is InChI=1S/C24H21Cl3FN3O2/c1-33-20-10-13(9-19(28)18(20)12-29-11-14-5-6-21(32)31-14)15-3-2-4-16(22(15)25)17-7-8-30-24(27)23(17)26/h2-4,7-10,14,29H,5-6,11-12H2,1H3,(H,31,32). The molecule has 0 spiro atoms. The molecule has 1 unspecified atom stereocenters. The fourth-order valence-electron chi connectivity index (χ4n) is 3.91. The summed E-state index contributed by atoms with van der Waals surface area (Å²) in [4.78, 5) is 15.3. The fraction of sp³-hybridized carbons (Fsp3) is 0.250. The summed E-state index contributed by atoms with van der Waals surface area (Å²) in [5.74, 6) is 0.0301. The van der Waals surface area contributed by atoms with Gasteiger partial charge in [-0.2, -0.15) is 0 Å². The maximum absolute atomic E-state index is 15.1. The predicted octanol–water partition coefficient (Wildman–Crippen LogP) is 5.89. The van der Waals surface area contributed by atoms with E-state index < -0.39 is 5.82 Å². The van der Waals surface area contributed by atoms with E-state index >= 15 is 4.39 Å². The van der Waals surface area contributed by atoms with E-state index in [0.29, 0.717) is 56.6 Å². The third-order valence-electron chi connectivity index (χ3n) is 5.60. The van der Waals surface area contributed by atoms with Crippen LogP contribution in [0.15, 0.2) is 42.6 Å². The number of pyridine rings is 1. The molecule has 2 N–H and O–H groups in total. The largest absolute Gasteiger partial charge is 0.496 e. The van der Waals surface area contributed by atoms with Crippen LogP contribution in [0.2, 0.25) is 15.2 Å². The zero-order chi connectivity index (χ0) is 23.5. The van der Waals surface area contributed by atoms with E-state index in [4.69, 9.17) is 39.5 Å². The van der Waals surface area contributed by atoms with Crippen LogP contribution in [0.4, 0.5) is 4.39 Å². The average molecular weight is 509 g/mol. The highest BCUT2D eigenvalue weighted by Crippen LogP contribution is 2.41. The van der Waals surface area contributed by atoms with Gasteiger partial charge >= 0.3 is 0 Å². The molecule has 1 aliphatic heterocycles. The Bertz CT molecular complexity index is 1210. The highest BCUT2D eigenvalue weighted by atomic mass is 35.5. The van der Waals surface area contributed by atoms with Gasteiger partial charge in [0.2, 0.25) is 5.91 Å². The van der Waals surface area contributed by atoms with Crippen molar-refractivity contribution in [3.63, 3.8) is 0 Å². The minimum Gasteiger partial charge on any atom is -0.496 e. The number of rotatable bonds is 7. The number of amides is 1. The van der Waals surface area contributed by atoms with Crippen molar-refractivity contribution in [3.05, 3.63) is 69.2 Å². The lowest BCUT2D eigenvalue weighted by Crippen LogP contribution is -2.35. The number of nitrogens with zero attached hydrogens (tertiary/aromatic N) is 1. The molecule has 3 aromatic rings. The van der Waals surface area contributed by atoms with Gasteiger partial charge in [-0.3, -0.25) is 4.79 Å². The van der Waals surface area contributed by atoms with Crippen molar-refractivity contribution >= 4 is 40.7 Å². The molecule has 172 valence electrons. The van der Waals surface area contributed by atoms with Crippen molar-refractivity contribution in [1.29, 1.82) is 0 Å². The minimum absolute atomic E-state index is 0.0457. The van der Waals surface area contributed by atoms with Crippen LogP contribution < -0.4 is 15.4 Å². The number of benzene rings is 2. The van der Waals surface area contributed by atoms with Crippen LogP contribution in [0.3, 0.4) is 0 Å². The van der Waals surface area contributed by atoms with Gasteiger partial charge in [-0.05, 0) is 30.2 Å². The first-order chi connectivity index (χ1) is 15.9. The van der Waals surface area contributed by atoms with Gasteiger partial charge in [-0.25, -0.2) is 9.37 Å². The predicted molar refractivity (Wildman–Crippen MR) is 130 cm³/mol. The van der Waals surface area contributed by atoms with Crippen LogP contribution in [0, 0.1) is 5.82 Å².